The molecule has 27 heavy (non-hydrogen) atoms. The van der Waals surface area contributed by atoms with Crippen LogP contribution in [0.25, 0.3) is 0 Å². The summed E-state index contributed by atoms with van der Waals surface area (Å²) in [6.07, 6.45) is 2.65. The number of benzene rings is 2. The summed E-state index contributed by atoms with van der Waals surface area (Å²) in [4.78, 5) is 14.5. The third-order valence-corrected chi connectivity index (χ3v) is 4.97. The second kappa shape index (κ2) is 8.31. The molecular formula is C21H26N2O4. The molecule has 6 nitrogen and oxygen atoms in total. The number of phenols is 3. The number of phenolic OH excluding ortho intramolecular Hbond substituents is 3. The predicted octanol–water partition coefficient (Wildman–Crippen LogP) is 2.68. The van der Waals surface area contributed by atoms with Gasteiger partial charge in [0.1, 0.15) is 5.75 Å². The Morgan fingerprint density at radius 1 is 1.04 bits per heavy atom. The molecule has 0 saturated heterocycles. The standard InChI is InChI=1S/C21H26N2O4/c1-14-4-5-18(24)17(10-14)21(27)22-7-2-3-8-23-9-6-15-11-19(25)20(26)12-16(15)13-23/h4-5,10-12,24-26H,2-3,6-9,13H2,1H3,(H,22,27). The molecule has 0 radical (unpaired) electrons. The summed E-state index contributed by atoms with van der Waals surface area (Å²) in [5.74, 6) is -0.381. The Balaban J connectivity index is 1.41. The van der Waals surface area contributed by atoms with Crippen LogP contribution in [0.15, 0.2) is 30.3 Å². The summed E-state index contributed by atoms with van der Waals surface area (Å²) in [6, 6.07) is 8.28. The smallest absolute Gasteiger partial charge is 0.255 e. The summed E-state index contributed by atoms with van der Waals surface area (Å²) < 4.78 is 0. The van der Waals surface area contributed by atoms with E-state index in [1.54, 1.807) is 24.3 Å². The number of carbonyl (C=O) groups excluding carboxylic acids is 1. The zero-order valence-electron chi connectivity index (χ0n) is 15.5. The Kier molecular flexibility index (Phi) is 5.86. The van der Waals surface area contributed by atoms with Gasteiger partial charge in [-0.1, -0.05) is 11.6 Å². The number of nitrogens with one attached hydrogen (secondary N) is 1. The maximum absolute atomic E-state index is 12.2. The highest BCUT2D eigenvalue weighted by Gasteiger charge is 2.18. The number of rotatable bonds is 6. The van der Waals surface area contributed by atoms with Gasteiger partial charge in [-0.3, -0.25) is 9.69 Å². The van der Waals surface area contributed by atoms with E-state index in [4.69, 9.17) is 0 Å². The molecule has 0 bridgehead atoms. The first-order chi connectivity index (χ1) is 12.9. The molecule has 2 aromatic carbocycles. The van der Waals surface area contributed by atoms with Crippen LogP contribution in [0.4, 0.5) is 0 Å². The second-order valence-corrected chi connectivity index (χ2v) is 7.12. The van der Waals surface area contributed by atoms with Gasteiger partial charge in [0, 0.05) is 19.6 Å². The lowest BCUT2D eigenvalue weighted by molar-refractivity contribution is 0.0949. The van der Waals surface area contributed by atoms with E-state index in [1.165, 1.54) is 6.07 Å². The van der Waals surface area contributed by atoms with Gasteiger partial charge < -0.3 is 20.6 Å². The molecule has 3 rings (SSSR count). The number of hydrogen-bond donors (Lipinski definition) is 4. The van der Waals surface area contributed by atoms with Crippen molar-refractivity contribution in [3.05, 3.63) is 52.6 Å². The van der Waals surface area contributed by atoms with Gasteiger partial charge in [-0.15, -0.1) is 0 Å². The number of nitrogens with zero attached hydrogens (tertiary/aromatic N) is 1. The summed E-state index contributed by atoms with van der Waals surface area (Å²) in [7, 11) is 0. The van der Waals surface area contributed by atoms with Crippen molar-refractivity contribution in [3.63, 3.8) is 0 Å². The number of hydrogen-bond acceptors (Lipinski definition) is 5. The van der Waals surface area contributed by atoms with Crippen LogP contribution in [0, 0.1) is 6.92 Å². The van der Waals surface area contributed by atoms with E-state index in [1.807, 2.05) is 6.92 Å². The number of amides is 1. The highest BCUT2D eigenvalue weighted by molar-refractivity contribution is 5.96. The first kappa shape index (κ1) is 19.0. The summed E-state index contributed by atoms with van der Waals surface area (Å²) in [6.45, 7) is 5.03. The lowest BCUT2D eigenvalue weighted by Crippen LogP contribution is -2.32. The van der Waals surface area contributed by atoms with E-state index in [2.05, 4.69) is 10.2 Å². The molecule has 0 aliphatic carbocycles. The maximum Gasteiger partial charge on any atom is 0.255 e. The van der Waals surface area contributed by atoms with Gasteiger partial charge >= 0.3 is 0 Å². The quantitative estimate of drug-likeness (QED) is 0.463. The molecule has 0 aromatic heterocycles. The first-order valence-electron chi connectivity index (χ1n) is 9.28. The van der Waals surface area contributed by atoms with Gasteiger partial charge in [0.25, 0.3) is 5.91 Å². The van der Waals surface area contributed by atoms with Gasteiger partial charge in [-0.2, -0.15) is 0 Å². The van der Waals surface area contributed by atoms with E-state index < -0.39 is 0 Å². The van der Waals surface area contributed by atoms with E-state index in [0.29, 0.717) is 12.1 Å². The zero-order chi connectivity index (χ0) is 19.4. The maximum atomic E-state index is 12.2. The molecule has 0 unspecified atom stereocenters. The lowest BCUT2D eigenvalue weighted by Gasteiger charge is -2.29. The molecule has 0 fully saturated rings. The predicted molar refractivity (Wildman–Crippen MR) is 103 cm³/mol. The van der Waals surface area contributed by atoms with Crippen LogP contribution in [0.5, 0.6) is 17.2 Å². The third-order valence-electron chi connectivity index (χ3n) is 4.97. The Bertz CT molecular complexity index is 835. The molecule has 2 aromatic rings. The SMILES string of the molecule is Cc1ccc(O)c(C(=O)NCCCCN2CCc3cc(O)c(O)cc3C2)c1. The van der Waals surface area contributed by atoms with Gasteiger partial charge in [-0.25, -0.2) is 0 Å². The van der Waals surface area contributed by atoms with Crippen molar-refractivity contribution in [1.82, 2.24) is 10.2 Å². The fraction of sp³-hybridized carbons (Fsp3) is 0.381. The zero-order valence-corrected chi connectivity index (χ0v) is 15.5. The summed E-state index contributed by atoms with van der Waals surface area (Å²) in [5.41, 5.74) is 3.39. The monoisotopic (exact) mass is 370 g/mol. The lowest BCUT2D eigenvalue weighted by atomic mass is 9.98. The van der Waals surface area contributed by atoms with Gasteiger partial charge in [0.2, 0.25) is 0 Å². The average Bonchev–Trinajstić information content (AvgIpc) is 2.64. The normalized spacial score (nSPS) is 14.0. The molecule has 0 saturated carbocycles. The largest absolute Gasteiger partial charge is 0.507 e. The molecule has 0 atom stereocenters. The molecule has 6 heteroatoms. The van der Waals surface area contributed by atoms with Crippen LogP contribution in [0.1, 0.15) is 39.9 Å². The second-order valence-electron chi connectivity index (χ2n) is 7.12. The Labute approximate surface area is 159 Å². The van der Waals surface area contributed by atoms with Crippen LogP contribution in [0.3, 0.4) is 0 Å². The number of aromatic hydroxyl groups is 3. The van der Waals surface area contributed by atoms with E-state index in [0.717, 1.165) is 55.6 Å². The minimum absolute atomic E-state index is 0.000582. The van der Waals surface area contributed by atoms with Crippen molar-refractivity contribution < 1.29 is 20.1 Å². The highest BCUT2D eigenvalue weighted by atomic mass is 16.3. The van der Waals surface area contributed by atoms with Gasteiger partial charge in [0.05, 0.1) is 5.56 Å². The van der Waals surface area contributed by atoms with Crippen molar-refractivity contribution in [3.8, 4) is 17.2 Å². The third kappa shape index (κ3) is 4.71. The summed E-state index contributed by atoms with van der Waals surface area (Å²) in [5, 5.41) is 31.9. The van der Waals surface area contributed by atoms with E-state index in [-0.39, 0.29) is 23.2 Å². The Morgan fingerprint density at radius 3 is 2.56 bits per heavy atom. The molecule has 144 valence electrons. The summed E-state index contributed by atoms with van der Waals surface area (Å²) >= 11 is 0. The highest BCUT2D eigenvalue weighted by Crippen LogP contribution is 2.31. The van der Waals surface area contributed by atoms with Crippen LogP contribution >= 0.6 is 0 Å². The Hall–Kier alpha value is -2.73. The molecule has 0 spiro atoms. The number of unbranched alkanes of at least 4 members (excludes halogenated alkanes) is 1. The first-order valence-corrected chi connectivity index (χ1v) is 9.28. The molecule has 4 N–H and O–H groups in total. The van der Waals surface area contributed by atoms with Crippen LogP contribution in [-0.4, -0.2) is 45.8 Å². The van der Waals surface area contributed by atoms with E-state index >= 15 is 0 Å². The molecule has 1 heterocycles. The number of carbonyl (C=O) groups is 1. The van der Waals surface area contributed by atoms with Crippen molar-refractivity contribution in [2.24, 2.45) is 0 Å². The van der Waals surface area contributed by atoms with E-state index in [9.17, 15) is 20.1 Å². The molecule has 1 aliphatic heterocycles. The van der Waals surface area contributed by atoms with Gasteiger partial charge in [-0.05, 0) is 68.1 Å². The molecule has 1 amide bonds. The van der Waals surface area contributed by atoms with Crippen molar-refractivity contribution in [2.45, 2.75) is 32.7 Å². The number of aryl methyl sites for hydroxylation is 1. The molecule has 1 aliphatic rings. The average molecular weight is 370 g/mol. The van der Waals surface area contributed by atoms with Crippen molar-refractivity contribution in [2.75, 3.05) is 19.6 Å². The minimum Gasteiger partial charge on any atom is -0.507 e. The topological polar surface area (TPSA) is 93.0 Å². The van der Waals surface area contributed by atoms with Gasteiger partial charge in [0.15, 0.2) is 11.5 Å². The van der Waals surface area contributed by atoms with Crippen molar-refractivity contribution in [1.29, 1.82) is 0 Å². The molecular weight excluding hydrogens is 344 g/mol. The Morgan fingerprint density at radius 2 is 1.78 bits per heavy atom. The minimum atomic E-state index is -0.251. The van der Waals surface area contributed by atoms with Crippen molar-refractivity contribution >= 4 is 5.91 Å². The van der Waals surface area contributed by atoms with Crippen LogP contribution in [-0.2, 0) is 13.0 Å². The number of fused-ring (bicyclic) bond motifs is 1. The van der Waals surface area contributed by atoms with Crippen LogP contribution < -0.4 is 5.32 Å². The fourth-order valence-electron chi connectivity index (χ4n) is 3.42. The van der Waals surface area contributed by atoms with Crippen LogP contribution in [0.2, 0.25) is 0 Å². The fourth-order valence-corrected chi connectivity index (χ4v) is 3.42.